The van der Waals surface area contributed by atoms with Gasteiger partial charge >= 0.3 is 5.97 Å². The van der Waals surface area contributed by atoms with Gasteiger partial charge < -0.3 is 9.85 Å². The van der Waals surface area contributed by atoms with Gasteiger partial charge in [-0.3, -0.25) is 0 Å². The largest absolute Gasteiger partial charge is 0.505 e. The minimum Gasteiger partial charge on any atom is -0.505 e. The molecule has 12 heavy (non-hydrogen) atoms. The molecule has 0 atom stereocenters. The van der Waals surface area contributed by atoms with Crippen molar-refractivity contribution in [1.29, 1.82) is 1.43 Å². The quantitative estimate of drug-likeness (QED) is 0.691. The lowest BCUT2D eigenvalue weighted by atomic mass is 10.3. The molecule has 0 bridgehead atoms. The molecule has 0 aliphatic carbocycles. The first-order chi connectivity index (χ1) is 6.19. The van der Waals surface area contributed by atoms with Crippen LogP contribution in [0.3, 0.4) is 0 Å². The van der Waals surface area contributed by atoms with Crippen molar-refractivity contribution in [3.63, 3.8) is 0 Å². The fourth-order valence-electron chi connectivity index (χ4n) is 0.591. The van der Waals surface area contributed by atoms with E-state index in [1.165, 1.54) is 13.2 Å². The normalized spacial score (nSPS) is 10.3. The Bertz CT molecular complexity index is 334. The Morgan fingerprint density at radius 3 is 3.17 bits per heavy atom. The minimum absolute atomic E-state index is 0.0369. The van der Waals surface area contributed by atoms with Gasteiger partial charge in [0.2, 0.25) is 5.69 Å². The molecular formula is C6H5ClN2O3. The molecule has 0 aliphatic heterocycles. The number of rotatable bonds is 2. The number of halogens is 1. The first-order valence-electron chi connectivity index (χ1n) is 3.34. The second-order valence-corrected chi connectivity index (χ2v) is 2.26. The molecule has 0 aromatic carbocycles. The summed E-state index contributed by atoms with van der Waals surface area (Å²) in [6.45, 7) is 0. The third-order valence-electron chi connectivity index (χ3n) is 1.11. The number of aromatic nitrogens is 2. The lowest BCUT2D eigenvalue weighted by molar-refractivity contribution is 0.0589. The van der Waals surface area contributed by atoms with Crippen LogP contribution in [0.2, 0.25) is 5.15 Å². The Balaban J connectivity index is 3.13. The van der Waals surface area contributed by atoms with Gasteiger partial charge in [0.25, 0.3) is 1.43 Å². The van der Waals surface area contributed by atoms with Crippen LogP contribution in [0.5, 0.6) is 5.75 Å². The van der Waals surface area contributed by atoms with E-state index >= 15 is 0 Å². The first kappa shape index (κ1) is 7.30. The summed E-state index contributed by atoms with van der Waals surface area (Å²) in [7, 11) is 1.19. The van der Waals surface area contributed by atoms with Crippen molar-refractivity contribution in [3.05, 3.63) is 16.9 Å². The number of hydrogen-bond acceptors (Lipinski definition) is 5. The average molecular weight is 190 g/mol. The lowest BCUT2D eigenvalue weighted by Crippen LogP contribution is -2.05. The Labute approximate surface area is 74.4 Å². The SMILES string of the molecule is [2H]Oc1cc(Cl)nnc1C(=O)OC. The van der Waals surface area contributed by atoms with Crippen molar-refractivity contribution in [2.45, 2.75) is 0 Å². The highest BCUT2D eigenvalue weighted by Gasteiger charge is 2.14. The van der Waals surface area contributed by atoms with E-state index < -0.39 is 5.97 Å². The summed E-state index contributed by atoms with van der Waals surface area (Å²) < 4.78 is 11.0. The molecule has 1 heterocycles. The van der Waals surface area contributed by atoms with E-state index in [-0.39, 0.29) is 16.6 Å². The maximum atomic E-state index is 11.0. The molecule has 1 rings (SSSR count). The fraction of sp³-hybridized carbons (Fsp3) is 0.167. The van der Waals surface area contributed by atoms with Gasteiger partial charge in [-0.25, -0.2) is 4.79 Å². The number of ether oxygens (including phenoxy) is 1. The summed E-state index contributed by atoms with van der Waals surface area (Å²) >= 11 is 5.45. The molecule has 0 saturated carbocycles. The van der Waals surface area contributed by atoms with Crippen LogP contribution in [0.4, 0.5) is 0 Å². The van der Waals surface area contributed by atoms with Crippen molar-refractivity contribution in [1.82, 2.24) is 10.2 Å². The summed E-state index contributed by atoms with van der Waals surface area (Å²) in [5, 5.41) is 11.0. The van der Waals surface area contributed by atoms with Crippen LogP contribution in [0.1, 0.15) is 10.5 Å². The monoisotopic (exact) mass is 189 g/mol. The van der Waals surface area contributed by atoms with Gasteiger partial charge in [-0.2, -0.15) is 0 Å². The van der Waals surface area contributed by atoms with E-state index in [9.17, 15) is 4.79 Å². The molecule has 6 heteroatoms. The zero-order valence-corrected chi connectivity index (χ0v) is 6.83. The number of methoxy groups -OCH3 is 1. The molecule has 1 aromatic rings. The van der Waals surface area contributed by atoms with Gasteiger partial charge in [-0.15, -0.1) is 10.2 Å². The number of aromatic hydroxyl groups is 1. The molecule has 0 spiro atoms. The third kappa shape index (κ3) is 1.62. The van der Waals surface area contributed by atoms with Crippen LogP contribution in [0.25, 0.3) is 0 Å². The number of nitrogens with zero attached hydrogens (tertiary/aromatic N) is 2. The van der Waals surface area contributed by atoms with E-state index in [4.69, 9.17) is 13.0 Å². The van der Waals surface area contributed by atoms with E-state index in [1.807, 2.05) is 0 Å². The second-order valence-electron chi connectivity index (χ2n) is 1.87. The van der Waals surface area contributed by atoms with Crippen molar-refractivity contribution < 1.29 is 14.6 Å². The number of esters is 1. The summed E-state index contributed by atoms with van der Waals surface area (Å²) in [4.78, 5) is 11.0. The Hall–Kier alpha value is -1.36. The predicted octanol–water partition coefficient (Wildman–Crippen LogP) is 0.622. The van der Waals surface area contributed by atoms with Crippen molar-refractivity contribution in [2.24, 2.45) is 0 Å². The maximum Gasteiger partial charge on any atom is 0.362 e. The summed E-state index contributed by atoms with van der Waals surface area (Å²) in [6, 6.07) is 1.20. The molecule has 0 fully saturated rings. The molecule has 1 N–H and O–H groups in total. The first-order valence-corrected chi connectivity index (χ1v) is 3.31. The highest BCUT2D eigenvalue weighted by atomic mass is 35.5. The van der Waals surface area contributed by atoms with Crippen molar-refractivity contribution in [3.8, 4) is 5.75 Å². The number of carbonyl (C=O) groups excluding carboxylic acids is 1. The third-order valence-corrected chi connectivity index (χ3v) is 1.29. The molecule has 64 valence electrons. The molecule has 5 nitrogen and oxygen atoms in total. The van der Waals surface area contributed by atoms with Crippen LogP contribution in [0.15, 0.2) is 6.07 Å². The highest BCUT2D eigenvalue weighted by molar-refractivity contribution is 6.29. The van der Waals surface area contributed by atoms with Crippen LogP contribution < -0.4 is 0 Å². The van der Waals surface area contributed by atoms with Gasteiger partial charge in [0.15, 0.2) is 10.9 Å². The molecule has 0 radical (unpaired) electrons. The molecule has 0 aliphatic rings. The minimum atomic E-state index is -0.730. The van der Waals surface area contributed by atoms with Gasteiger partial charge in [-0.1, -0.05) is 11.6 Å². The summed E-state index contributed by atoms with van der Waals surface area (Å²) in [5.41, 5.74) is -0.179. The smallest absolute Gasteiger partial charge is 0.362 e. The average Bonchev–Trinajstić information content (AvgIpc) is 2.16. The maximum absolute atomic E-state index is 11.0. The Morgan fingerprint density at radius 2 is 2.58 bits per heavy atom. The second kappa shape index (κ2) is 3.36. The van der Waals surface area contributed by atoms with Crippen LogP contribution in [-0.4, -0.2) is 29.8 Å². The predicted molar refractivity (Wildman–Crippen MR) is 40.0 cm³/mol. The number of hydrogen-bond donors (Lipinski definition) is 1. The summed E-state index contributed by atoms with van der Waals surface area (Å²) in [5.74, 6) is -0.821. The molecule has 0 saturated heterocycles. The topological polar surface area (TPSA) is 72.3 Å². The molecule has 0 amide bonds. The molecule has 1 aromatic heterocycles. The molecule has 0 unspecified atom stereocenters. The number of carbonyl (C=O) groups is 1. The molecular weight excluding hydrogens is 184 g/mol. The van der Waals surface area contributed by atoms with E-state index in [0.29, 0.717) is 0 Å². The highest BCUT2D eigenvalue weighted by Crippen LogP contribution is 2.17. The van der Waals surface area contributed by atoms with E-state index in [0.717, 1.165) is 0 Å². The van der Waals surface area contributed by atoms with Crippen LogP contribution in [-0.2, 0) is 4.74 Å². The van der Waals surface area contributed by atoms with Gasteiger partial charge in [0.05, 0.1) is 7.11 Å². The van der Waals surface area contributed by atoms with Crippen molar-refractivity contribution in [2.75, 3.05) is 7.11 Å². The Kier molecular flexibility index (Phi) is 2.04. The van der Waals surface area contributed by atoms with Gasteiger partial charge in [0, 0.05) is 6.07 Å². The standard InChI is InChI=1S/C6H5ClN2O3/c1-12-6(11)5-3(10)2-4(7)8-9-5/h2H,1H3,(H,8,10)/i/hD. The van der Waals surface area contributed by atoms with Gasteiger partial charge in [-0.05, 0) is 0 Å². The van der Waals surface area contributed by atoms with Crippen molar-refractivity contribution >= 4 is 17.6 Å². The lowest BCUT2D eigenvalue weighted by Gasteiger charge is -1.99. The zero-order valence-electron chi connectivity index (χ0n) is 7.07. The summed E-state index contributed by atoms with van der Waals surface area (Å²) in [6.07, 6.45) is 0. The van der Waals surface area contributed by atoms with Crippen LogP contribution >= 0.6 is 11.6 Å². The fourth-order valence-corrected chi connectivity index (χ4v) is 0.727. The van der Waals surface area contributed by atoms with E-state index in [2.05, 4.69) is 20.0 Å². The zero-order chi connectivity index (χ0) is 9.84. The van der Waals surface area contributed by atoms with Gasteiger partial charge in [0.1, 0.15) is 0 Å². The van der Waals surface area contributed by atoms with Crippen LogP contribution in [0, 0.1) is 0 Å². The Morgan fingerprint density at radius 1 is 1.83 bits per heavy atom. The van der Waals surface area contributed by atoms with E-state index in [1.54, 1.807) is 0 Å².